The second kappa shape index (κ2) is 8.32. The van der Waals surface area contributed by atoms with Gasteiger partial charge in [-0.05, 0) is 67.2 Å². The third kappa shape index (κ3) is 4.07. The zero-order valence-electron chi connectivity index (χ0n) is 16.2. The number of nitrogens with two attached hydrogens (primary N) is 1. The quantitative estimate of drug-likeness (QED) is 0.470. The molecule has 0 radical (unpaired) electrons. The van der Waals surface area contributed by atoms with Crippen LogP contribution in [0.3, 0.4) is 0 Å². The maximum Gasteiger partial charge on any atom is 0.257 e. The minimum Gasteiger partial charge on any atom is -0.372 e. The van der Waals surface area contributed by atoms with Gasteiger partial charge in [0.15, 0.2) is 0 Å². The number of rotatable bonds is 3. The molecule has 1 saturated heterocycles. The summed E-state index contributed by atoms with van der Waals surface area (Å²) in [7, 11) is 0. The van der Waals surface area contributed by atoms with Crippen molar-refractivity contribution in [2.45, 2.75) is 19.4 Å². The van der Waals surface area contributed by atoms with Gasteiger partial charge in [0.05, 0.1) is 11.3 Å². The highest BCUT2D eigenvalue weighted by molar-refractivity contribution is 5.89. The summed E-state index contributed by atoms with van der Waals surface area (Å²) in [6.07, 6.45) is 2.86. The number of fused-ring (bicyclic) bond motifs is 2. The van der Waals surface area contributed by atoms with Gasteiger partial charge in [0.25, 0.3) is 5.56 Å². The molecule has 4 N–H and O–H groups in total. The normalized spacial score (nSPS) is 14.1. The van der Waals surface area contributed by atoms with Crippen LogP contribution in [0.1, 0.15) is 18.4 Å². The summed E-state index contributed by atoms with van der Waals surface area (Å²) in [6.45, 7) is 3.40. The minimum absolute atomic E-state index is 0.0625. The Morgan fingerprint density at radius 1 is 0.931 bits per heavy atom. The molecule has 6 heteroatoms. The summed E-state index contributed by atoms with van der Waals surface area (Å²) in [5.41, 5.74) is 8.92. The molecular formula is C23H24N4O2. The lowest BCUT2D eigenvalue weighted by Gasteiger charge is -2.14. The summed E-state index contributed by atoms with van der Waals surface area (Å²) in [4.78, 5) is 30.0. The van der Waals surface area contributed by atoms with Crippen molar-refractivity contribution in [1.82, 2.24) is 14.9 Å². The number of para-hydroxylation sites is 1. The van der Waals surface area contributed by atoms with Gasteiger partial charge in [-0.25, -0.2) is 0 Å². The predicted molar refractivity (Wildman–Crippen MR) is 117 cm³/mol. The van der Waals surface area contributed by atoms with E-state index in [0.29, 0.717) is 5.56 Å². The first kappa shape index (κ1) is 19.0. The van der Waals surface area contributed by atoms with Gasteiger partial charge in [-0.1, -0.05) is 24.3 Å². The number of nitrogens with zero attached hydrogens (tertiary/aromatic N) is 1. The lowest BCUT2D eigenvalue weighted by atomic mass is 10.1. The highest BCUT2D eigenvalue weighted by atomic mass is 16.1. The van der Waals surface area contributed by atoms with E-state index in [1.165, 1.54) is 31.5 Å². The maximum atomic E-state index is 12.5. The maximum absolute atomic E-state index is 12.5. The first-order valence-corrected chi connectivity index (χ1v) is 9.80. The molecule has 148 valence electrons. The number of carbonyl (C=O) groups is 1. The number of primary amides is 1. The van der Waals surface area contributed by atoms with Crippen LogP contribution in [0.5, 0.6) is 0 Å². The number of H-pyrrole nitrogens is 2. The number of likely N-dealkylation sites (tertiary alicyclic amines) is 1. The average molecular weight is 388 g/mol. The molecule has 2 aromatic carbocycles. The first-order chi connectivity index (χ1) is 14.2. The molecule has 1 fully saturated rings. The number of benzene rings is 2. The second-order valence-electron chi connectivity index (χ2n) is 7.32. The van der Waals surface area contributed by atoms with Crippen molar-refractivity contribution in [2.75, 3.05) is 13.1 Å². The van der Waals surface area contributed by atoms with Gasteiger partial charge >= 0.3 is 0 Å². The van der Waals surface area contributed by atoms with Gasteiger partial charge in [-0.15, -0.1) is 0 Å². The first-order valence-electron chi connectivity index (χ1n) is 9.80. The smallest absolute Gasteiger partial charge is 0.257 e. The molecule has 0 atom stereocenters. The fourth-order valence-corrected chi connectivity index (χ4v) is 3.97. The SMILES string of the molecule is NC=O.O=c1[nH]c2ccccc2cc1-c1cc2cc(CN3CCCC3)ccc2[nH]1. The molecule has 1 aliphatic rings. The van der Waals surface area contributed by atoms with Crippen molar-refractivity contribution < 1.29 is 4.79 Å². The fourth-order valence-electron chi connectivity index (χ4n) is 3.97. The number of amides is 1. The Morgan fingerprint density at radius 3 is 2.45 bits per heavy atom. The van der Waals surface area contributed by atoms with Crippen LogP contribution in [0, 0.1) is 0 Å². The number of aromatic amines is 2. The van der Waals surface area contributed by atoms with E-state index in [0.717, 1.165) is 34.0 Å². The van der Waals surface area contributed by atoms with Gasteiger partial charge in [-0.2, -0.15) is 0 Å². The number of pyridine rings is 1. The van der Waals surface area contributed by atoms with Gasteiger partial charge in [0, 0.05) is 23.0 Å². The summed E-state index contributed by atoms with van der Waals surface area (Å²) >= 11 is 0. The molecule has 0 spiro atoms. The second-order valence-corrected chi connectivity index (χ2v) is 7.32. The van der Waals surface area contributed by atoms with Crippen LogP contribution in [-0.4, -0.2) is 34.4 Å². The summed E-state index contributed by atoms with van der Waals surface area (Å²) in [5.74, 6) is 0. The van der Waals surface area contributed by atoms with Crippen LogP contribution in [0.4, 0.5) is 0 Å². The van der Waals surface area contributed by atoms with Crippen molar-refractivity contribution in [1.29, 1.82) is 0 Å². The Morgan fingerprint density at radius 2 is 1.66 bits per heavy atom. The third-order valence-electron chi connectivity index (χ3n) is 5.33. The van der Waals surface area contributed by atoms with E-state index in [4.69, 9.17) is 4.79 Å². The Bertz CT molecular complexity index is 1200. The largest absolute Gasteiger partial charge is 0.372 e. The van der Waals surface area contributed by atoms with E-state index < -0.39 is 0 Å². The molecule has 1 amide bonds. The molecule has 2 aromatic heterocycles. The lowest BCUT2D eigenvalue weighted by molar-refractivity contribution is -0.106. The van der Waals surface area contributed by atoms with Crippen molar-refractivity contribution in [3.05, 3.63) is 70.5 Å². The molecule has 0 bridgehead atoms. The number of hydrogen-bond donors (Lipinski definition) is 3. The zero-order chi connectivity index (χ0) is 20.2. The number of aromatic nitrogens is 2. The van der Waals surface area contributed by atoms with Gasteiger partial charge in [0.1, 0.15) is 0 Å². The fraction of sp³-hybridized carbons (Fsp3) is 0.217. The lowest BCUT2D eigenvalue weighted by Crippen LogP contribution is -2.18. The Labute approximate surface area is 168 Å². The Balaban J connectivity index is 0.000000645. The number of hydrogen-bond acceptors (Lipinski definition) is 3. The van der Waals surface area contributed by atoms with Crippen LogP contribution in [0.25, 0.3) is 33.1 Å². The monoisotopic (exact) mass is 388 g/mol. The summed E-state index contributed by atoms with van der Waals surface area (Å²) < 4.78 is 0. The minimum atomic E-state index is -0.0625. The molecule has 3 heterocycles. The van der Waals surface area contributed by atoms with Crippen LogP contribution in [0.2, 0.25) is 0 Å². The van der Waals surface area contributed by atoms with Crippen molar-refractivity contribution in [2.24, 2.45) is 5.73 Å². The van der Waals surface area contributed by atoms with Crippen LogP contribution in [0.15, 0.2) is 59.4 Å². The topological polar surface area (TPSA) is 95.0 Å². The Kier molecular flexibility index (Phi) is 5.44. The van der Waals surface area contributed by atoms with E-state index in [2.05, 4.69) is 44.9 Å². The molecule has 29 heavy (non-hydrogen) atoms. The van der Waals surface area contributed by atoms with E-state index in [1.54, 1.807) is 0 Å². The number of carbonyl (C=O) groups excluding carboxylic acids is 1. The van der Waals surface area contributed by atoms with E-state index in [9.17, 15) is 4.79 Å². The van der Waals surface area contributed by atoms with Crippen LogP contribution in [-0.2, 0) is 11.3 Å². The van der Waals surface area contributed by atoms with Gasteiger partial charge in [-0.3, -0.25) is 14.5 Å². The molecule has 6 nitrogen and oxygen atoms in total. The highest BCUT2D eigenvalue weighted by Crippen LogP contribution is 2.25. The Hall–Kier alpha value is -3.38. The van der Waals surface area contributed by atoms with E-state index >= 15 is 0 Å². The standard InChI is InChI=1S/C22H21N3O.CH3NO/c26-22-18(12-16-5-1-2-6-19(16)24-22)21-13-17-11-15(7-8-20(17)23-21)14-25-9-3-4-10-25;2-1-3/h1-2,5-8,11-13,23H,3-4,9-10,14H2,(H,24,26);1H,(H2,2,3). The molecule has 0 aliphatic carbocycles. The zero-order valence-corrected chi connectivity index (χ0v) is 16.2. The van der Waals surface area contributed by atoms with Gasteiger partial charge < -0.3 is 15.7 Å². The van der Waals surface area contributed by atoms with Crippen molar-refractivity contribution in [3.63, 3.8) is 0 Å². The summed E-state index contributed by atoms with van der Waals surface area (Å²) in [6, 6.07) is 18.5. The predicted octanol–water partition coefficient (Wildman–Crippen LogP) is 3.37. The third-order valence-corrected chi connectivity index (χ3v) is 5.33. The van der Waals surface area contributed by atoms with Crippen molar-refractivity contribution >= 4 is 28.2 Å². The van der Waals surface area contributed by atoms with Crippen LogP contribution < -0.4 is 11.3 Å². The molecule has 4 aromatic rings. The molecule has 1 aliphatic heterocycles. The molecule has 5 rings (SSSR count). The van der Waals surface area contributed by atoms with E-state index in [-0.39, 0.29) is 12.0 Å². The van der Waals surface area contributed by atoms with E-state index in [1.807, 2.05) is 30.3 Å². The van der Waals surface area contributed by atoms with Gasteiger partial charge in [0.2, 0.25) is 6.41 Å². The average Bonchev–Trinajstić information content (AvgIpc) is 3.37. The molecule has 0 unspecified atom stereocenters. The number of nitrogens with one attached hydrogen (secondary N) is 2. The highest BCUT2D eigenvalue weighted by Gasteiger charge is 2.13. The molecular weight excluding hydrogens is 364 g/mol. The summed E-state index contributed by atoms with van der Waals surface area (Å²) in [5, 5.41) is 2.19. The molecule has 0 saturated carbocycles. The van der Waals surface area contributed by atoms with Crippen LogP contribution >= 0.6 is 0 Å². The van der Waals surface area contributed by atoms with Crippen molar-refractivity contribution in [3.8, 4) is 11.3 Å².